The maximum absolute atomic E-state index is 9.25. The van der Waals surface area contributed by atoms with Gasteiger partial charge in [0.25, 0.3) is 0 Å². The van der Waals surface area contributed by atoms with Crippen LogP contribution >= 0.6 is 0 Å². The SMILES string of the molecule is COCCN(C)C(CO)C(N)C(C)C. The Labute approximate surface area is 87.0 Å². The molecule has 0 spiro atoms. The molecule has 0 saturated carbocycles. The fourth-order valence-electron chi connectivity index (χ4n) is 1.40. The van der Waals surface area contributed by atoms with E-state index in [4.69, 9.17) is 10.5 Å². The highest BCUT2D eigenvalue weighted by Crippen LogP contribution is 2.08. The van der Waals surface area contributed by atoms with Crippen LogP contribution in [0, 0.1) is 5.92 Å². The van der Waals surface area contributed by atoms with Crippen molar-refractivity contribution < 1.29 is 9.84 Å². The van der Waals surface area contributed by atoms with Crippen molar-refractivity contribution in [1.82, 2.24) is 4.90 Å². The summed E-state index contributed by atoms with van der Waals surface area (Å²) < 4.78 is 4.98. The molecular weight excluding hydrogens is 180 g/mol. The highest BCUT2D eigenvalue weighted by Gasteiger charge is 2.23. The van der Waals surface area contributed by atoms with Gasteiger partial charge >= 0.3 is 0 Å². The summed E-state index contributed by atoms with van der Waals surface area (Å²) >= 11 is 0. The average molecular weight is 204 g/mol. The van der Waals surface area contributed by atoms with E-state index < -0.39 is 0 Å². The number of hydrogen-bond donors (Lipinski definition) is 2. The summed E-state index contributed by atoms with van der Waals surface area (Å²) in [5, 5.41) is 9.25. The van der Waals surface area contributed by atoms with Crippen LogP contribution in [0.3, 0.4) is 0 Å². The van der Waals surface area contributed by atoms with Gasteiger partial charge in [-0.05, 0) is 13.0 Å². The maximum atomic E-state index is 9.25. The standard InChI is InChI=1S/C10H24N2O2/c1-8(2)10(11)9(7-13)12(3)5-6-14-4/h8-10,13H,5-7,11H2,1-4H3. The van der Waals surface area contributed by atoms with Gasteiger partial charge in [-0.25, -0.2) is 0 Å². The smallest absolute Gasteiger partial charge is 0.0601 e. The van der Waals surface area contributed by atoms with E-state index in [1.165, 1.54) is 0 Å². The Morgan fingerprint density at radius 1 is 1.43 bits per heavy atom. The first kappa shape index (κ1) is 13.8. The molecule has 3 N–H and O–H groups in total. The van der Waals surface area contributed by atoms with E-state index in [0.717, 1.165) is 6.54 Å². The lowest BCUT2D eigenvalue weighted by Crippen LogP contribution is -2.51. The molecule has 4 heteroatoms. The van der Waals surface area contributed by atoms with Crippen LogP contribution in [0.2, 0.25) is 0 Å². The van der Waals surface area contributed by atoms with Crippen LogP contribution in [-0.4, -0.2) is 56.0 Å². The first-order valence-electron chi connectivity index (χ1n) is 5.10. The normalized spacial score (nSPS) is 16.3. The Kier molecular flexibility index (Phi) is 7.09. The minimum absolute atomic E-state index is 0.00172. The maximum Gasteiger partial charge on any atom is 0.0601 e. The molecule has 0 aromatic rings. The Morgan fingerprint density at radius 2 is 2.00 bits per heavy atom. The van der Waals surface area contributed by atoms with Gasteiger partial charge in [-0.2, -0.15) is 0 Å². The summed E-state index contributed by atoms with van der Waals surface area (Å²) in [6.07, 6.45) is 0. The van der Waals surface area contributed by atoms with Gasteiger partial charge in [0, 0.05) is 25.7 Å². The number of nitrogens with zero attached hydrogens (tertiary/aromatic N) is 1. The van der Waals surface area contributed by atoms with Crippen molar-refractivity contribution in [2.75, 3.05) is 33.9 Å². The molecule has 4 nitrogen and oxygen atoms in total. The third-order valence-electron chi connectivity index (χ3n) is 2.62. The predicted molar refractivity (Wildman–Crippen MR) is 58.2 cm³/mol. The van der Waals surface area contributed by atoms with Crippen molar-refractivity contribution in [2.24, 2.45) is 11.7 Å². The number of aliphatic hydroxyl groups excluding tert-OH is 1. The van der Waals surface area contributed by atoms with Crippen LogP contribution < -0.4 is 5.73 Å². The Hall–Kier alpha value is -0.160. The first-order valence-corrected chi connectivity index (χ1v) is 5.10. The molecule has 2 atom stereocenters. The lowest BCUT2D eigenvalue weighted by Gasteiger charge is -2.33. The van der Waals surface area contributed by atoms with Gasteiger partial charge in [0.05, 0.1) is 13.2 Å². The van der Waals surface area contributed by atoms with Gasteiger partial charge in [0.2, 0.25) is 0 Å². The molecule has 0 bridgehead atoms. The summed E-state index contributed by atoms with van der Waals surface area (Å²) in [4.78, 5) is 2.05. The third-order valence-corrected chi connectivity index (χ3v) is 2.62. The molecule has 0 aromatic heterocycles. The summed E-state index contributed by atoms with van der Waals surface area (Å²) in [6.45, 7) is 5.69. The summed E-state index contributed by atoms with van der Waals surface area (Å²) in [7, 11) is 3.63. The zero-order chi connectivity index (χ0) is 11.1. The van der Waals surface area contributed by atoms with Gasteiger partial charge in [-0.15, -0.1) is 0 Å². The number of rotatable bonds is 7. The Morgan fingerprint density at radius 3 is 2.36 bits per heavy atom. The van der Waals surface area contributed by atoms with Crippen LogP contribution in [0.25, 0.3) is 0 Å². The molecule has 0 rings (SSSR count). The predicted octanol–water partition coefficient (Wildman–Crippen LogP) is -0.0912. The van der Waals surface area contributed by atoms with Gasteiger partial charge < -0.3 is 15.6 Å². The van der Waals surface area contributed by atoms with Crippen LogP contribution in [-0.2, 0) is 4.74 Å². The van der Waals surface area contributed by atoms with Gasteiger partial charge in [0.1, 0.15) is 0 Å². The number of likely N-dealkylation sites (N-methyl/N-ethyl adjacent to an activating group) is 1. The van der Waals surface area contributed by atoms with E-state index in [9.17, 15) is 5.11 Å². The van der Waals surface area contributed by atoms with E-state index in [1.807, 2.05) is 11.9 Å². The molecule has 0 aliphatic heterocycles. The van der Waals surface area contributed by atoms with Crippen molar-refractivity contribution in [3.63, 3.8) is 0 Å². The van der Waals surface area contributed by atoms with E-state index in [1.54, 1.807) is 7.11 Å². The molecule has 86 valence electrons. The van der Waals surface area contributed by atoms with E-state index in [0.29, 0.717) is 12.5 Å². The highest BCUT2D eigenvalue weighted by atomic mass is 16.5. The van der Waals surface area contributed by atoms with Crippen molar-refractivity contribution in [1.29, 1.82) is 0 Å². The second kappa shape index (κ2) is 7.17. The fourth-order valence-corrected chi connectivity index (χ4v) is 1.40. The second-order valence-corrected chi connectivity index (χ2v) is 4.04. The first-order chi connectivity index (χ1) is 6.54. The minimum Gasteiger partial charge on any atom is -0.395 e. The van der Waals surface area contributed by atoms with E-state index in [2.05, 4.69) is 13.8 Å². The van der Waals surface area contributed by atoms with Gasteiger partial charge in [0.15, 0.2) is 0 Å². The van der Waals surface area contributed by atoms with Crippen LogP contribution in [0.4, 0.5) is 0 Å². The molecule has 14 heavy (non-hydrogen) atoms. The monoisotopic (exact) mass is 204 g/mol. The number of methoxy groups -OCH3 is 1. The molecule has 2 unspecified atom stereocenters. The van der Waals surface area contributed by atoms with Crippen molar-refractivity contribution in [3.8, 4) is 0 Å². The molecule has 0 aliphatic carbocycles. The molecule has 0 aromatic carbocycles. The third kappa shape index (κ3) is 4.37. The zero-order valence-corrected chi connectivity index (χ0v) is 9.73. The summed E-state index contributed by atoms with van der Waals surface area (Å²) in [6, 6.07) is 0.0204. The second-order valence-electron chi connectivity index (χ2n) is 4.04. The zero-order valence-electron chi connectivity index (χ0n) is 9.73. The van der Waals surface area contributed by atoms with Gasteiger partial charge in [-0.1, -0.05) is 13.8 Å². The topological polar surface area (TPSA) is 58.7 Å². The lowest BCUT2D eigenvalue weighted by molar-refractivity contribution is 0.0839. The molecule has 0 radical (unpaired) electrons. The molecule has 0 fully saturated rings. The fraction of sp³-hybridized carbons (Fsp3) is 1.00. The van der Waals surface area contributed by atoms with E-state index in [-0.39, 0.29) is 18.7 Å². The number of hydrogen-bond acceptors (Lipinski definition) is 4. The van der Waals surface area contributed by atoms with E-state index >= 15 is 0 Å². The quantitative estimate of drug-likeness (QED) is 0.608. The molecule has 0 amide bonds. The van der Waals surface area contributed by atoms with Crippen LogP contribution in [0.5, 0.6) is 0 Å². The van der Waals surface area contributed by atoms with Crippen molar-refractivity contribution in [3.05, 3.63) is 0 Å². The molecule has 0 saturated heterocycles. The van der Waals surface area contributed by atoms with Crippen molar-refractivity contribution >= 4 is 0 Å². The number of nitrogens with two attached hydrogens (primary N) is 1. The Bertz CT molecular complexity index is 142. The summed E-state index contributed by atoms with van der Waals surface area (Å²) in [5.41, 5.74) is 6.00. The molecule has 0 heterocycles. The lowest BCUT2D eigenvalue weighted by atomic mass is 9.97. The summed E-state index contributed by atoms with van der Waals surface area (Å²) in [5.74, 6) is 0.372. The Balaban J connectivity index is 4.10. The van der Waals surface area contributed by atoms with Crippen LogP contribution in [0.15, 0.2) is 0 Å². The van der Waals surface area contributed by atoms with Crippen molar-refractivity contribution in [2.45, 2.75) is 25.9 Å². The largest absolute Gasteiger partial charge is 0.395 e. The minimum atomic E-state index is 0.00172. The number of ether oxygens (including phenoxy) is 1. The van der Waals surface area contributed by atoms with Crippen LogP contribution in [0.1, 0.15) is 13.8 Å². The highest BCUT2D eigenvalue weighted by molar-refractivity contribution is 4.82. The number of aliphatic hydroxyl groups is 1. The molecular formula is C10H24N2O2. The molecule has 0 aliphatic rings. The average Bonchev–Trinajstić information content (AvgIpc) is 2.15. The van der Waals surface area contributed by atoms with Gasteiger partial charge in [-0.3, -0.25) is 4.90 Å².